The van der Waals surface area contributed by atoms with E-state index in [0.717, 1.165) is 23.5 Å². The molecule has 1 heterocycles. The fourth-order valence-electron chi connectivity index (χ4n) is 2.97. The molecule has 1 aromatic rings. The van der Waals surface area contributed by atoms with Crippen LogP contribution in [0.3, 0.4) is 0 Å². The third-order valence-corrected chi connectivity index (χ3v) is 5.19. The summed E-state index contributed by atoms with van der Waals surface area (Å²) in [4.78, 5) is 2.66. The summed E-state index contributed by atoms with van der Waals surface area (Å²) in [6, 6.07) is 10.1. The Morgan fingerprint density at radius 2 is 2.00 bits per heavy atom. The Hall–Kier alpha value is -0.380. The van der Waals surface area contributed by atoms with Crippen LogP contribution in [0.4, 0.5) is 0 Å². The monoisotopic (exact) mass is 338 g/mol. The van der Waals surface area contributed by atoms with Crippen LogP contribution in [-0.4, -0.2) is 30.1 Å². The zero-order valence-corrected chi connectivity index (χ0v) is 14.5. The Kier molecular flexibility index (Phi) is 6.06. The van der Waals surface area contributed by atoms with Crippen LogP contribution in [0.25, 0.3) is 0 Å². The fraction of sp³-hybridized carbons (Fsp3) is 0.647. The van der Waals surface area contributed by atoms with Crippen molar-refractivity contribution >= 4 is 15.9 Å². The number of halogens is 1. The van der Waals surface area contributed by atoms with Crippen LogP contribution >= 0.6 is 15.9 Å². The van der Waals surface area contributed by atoms with E-state index in [1.165, 1.54) is 24.9 Å². The van der Waals surface area contributed by atoms with Gasteiger partial charge in [-0.2, -0.15) is 0 Å². The summed E-state index contributed by atoms with van der Waals surface area (Å²) in [6.07, 6.45) is 2.47. The van der Waals surface area contributed by atoms with Crippen LogP contribution < -0.4 is 5.32 Å². The molecule has 2 rings (SSSR count). The molecule has 1 aliphatic heterocycles. The Morgan fingerprint density at radius 3 is 2.60 bits per heavy atom. The molecule has 2 nitrogen and oxygen atoms in total. The maximum Gasteiger partial charge on any atom is 0.0237 e. The highest BCUT2D eigenvalue weighted by molar-refractivity contribution is 9.10. The number of rotatable bonds is 5. The molecule has 0 aliphatic carbocycles. The van der Waals surface area contributed by atoms with Gasteiger partial charge in [-0.05, 0) is 30.0 Å². The lowest BCUT2D eigenvalue weighted by atomic mass is 9.94. The summed E-state index contributed by atoms with van der Waals surface area (Å²) < 4.78 is 1.16. The molecule has 3 atom stereocenters. The molecule has 1 aromatic carbocycles. The van der Waals surface area contributed by atoms with Gasteiger partial charge in [0.2, 0.25) is 0 Å². The predicted octanol–water partition coefficient (Wildman–Crippen LogP) is 4.05. The third-order valence-electron chi connectivity index (χ3n) is 4.66. The van der Waals surface area contributed by atoms with Gasteiger partial charge in [-0.25, -0.2) is 0 Å². The first kappa shape index (κ1) is 16.0. The molecule has 3 heteroatoms. The van der Waals surface area contributed by atoms with Gasteiger partial charge in [-0.3, -0.25) is 4.90 Å². The molecule has 1 N–H and O–H groups in total. The fourth-order valence-corrected chi connectivity index (χ4v) is 3.23. The maximum atomic E-state index is 3.75. The lowest BCUT2D eigenvalue weighted by molar-refractivity contribution is 0.0993. The topological polar surface area (TPSA) is 15.3 Å². The lowest BCUT2D eigenvalue weighted by Crippen LogP contribution is -2.57. The average molecular weight is 339 g/mol. The van der Waals surface area contributed by atoms with Gasteiger partial charge in [0.05, 0.1) is 0 Å². The van der Waals surface area contributed by atoms with Gasteiger partial charge < -0.3 is 5.32 Å². The van der Waals surface area contributed by atoms with E-state index in [4.69, 9.17) is 0 Å². The van der Waals surface area contributed by atoms with E-state index >= 15 is 0 Å². The van der Waals surface area contributed by atoms with Crippen molar-refractivity contribution in [3.05, 3.63) is 34.3 Å². The molecule has 0 amide bonds. The Balaban J connectivity index is 2.03. The average Bonchev–Trinajstić information content (AvgIpc) is 2.48. The number of nitrogens with one attached hydrogen (secondary N) is 1. The molecule has 1 aliphatic rings. The van der Waals surface area contributed by atoms with E-state index in [1.807, 2.05) is 0 Å². The molecule has 1 saturated heterocycles. The minimum atomic E-state index is 0.637. The van der Waals surface area contributed by atoms with Crippen molar-refractivity contribution in [1.29, 1.82) is 0 Å². The number of nitrogens with zero attached hydrogens (tertiary/aromatic N) is 1. The van der Waals surface area contributed by atoms with E-state index in [0.29, 0.717) is 12.1 Å². The zero-order valence-electron chi connectivity index (χ0n) is 12.9. The molecule has 112 valence electrons. The van der Waals surface area contributed by atoms with Crippen LogP contribution in [0.1, 0.15) is 39.2 Å². The lowest BCUT2D eigenvalue weighted by Gasteiger charge is -2.42. The van der Waals surface area contributed by atoms with Crippen molar-refractivity contribution in [3.8, 4) is 0 Å². The number of piperazine rings is 1. The number of benzene rings is 1. The number of hydrogen-bond acceptors (Lipinski definition) is 2. The molecular weight excluding hydrogens is 312 g/mol. The quantitative estimate of drug-likeness (QED) is 0.871. The van der Waals surface area contributed by atoms with Gasteiger partial charge in [0.1, 0.15) is 0 Å². The number of hydrogen-bond donors (Lipinski definition) is 1. The second-order valence-electron chi connectivity index (χ2n) is 6.02. The molecule has 0 saturated carbocycles. The van der Waals surface area contributed by atoms with Crippen molar-refractivity contribution < 1.29 is 0 Å². The summed E-state index contributed by atoms with van der Waals surface area (Å²) in [5.41, 5.74) is 1.41. The molecule has 0 bridgehead atoms. The van der Waals surface area contributed by atoms with E-state index in [9.17, 15) is 0 Å². The summed E-state index contributed by atoms with van der Waals surface area (Å²) >= 11 is 3.51. The smallest absolute Gasteiger partial charge is 0.0237 e. The van der Waals surface area contributed by atoms with E-state index in [1.54, 1.807) is 0 Å². The first-order chi connectivity index (χ1) is 9.63. The second-order valence-corrected chi connectivity index (χ2v) is 6.93. The highest BCUT2D eigenvalue weighted by Gasteiger charge is 2.28. The standard InChI is InChI=1S/C17H27BrN2/c1-4-13(3)17-12-20(16(5-2)10-19-17)11-14-6-8-15(18)9-7-14/h6-9,13,16-17,19H,4-5,10-12H2,1-3H3. The van der Waals surface area contributed by atoms with Gasteiger partial charge >= 0.3 is 0 Å². The van der Waals surface area contributed by atoms with Crippen molar-refractivity contribution in [2.75, 3.05) is 13.1 Å². The Bertz CT molecular complexity index is 404. The van der Waals surface area contributed by atoms with E-state index < -0.39 is 0 Å². The zero-order chi connectivity index (χ0) is 14.5. The molecule has 0 spiro atoms. The summed E-state index contributed by atoms with van der Waals surface area (Å²) in [5, 5.41) is 3.75. The maximum absolute atomic E-state index is 3.75. The van der Waals surface area contributed by atoms with E-state index in [-0.39, 0.29) is 0 Å². The van der Waals surface area contributed by atoms with Crippen molar-refractivity contribution in [2.45, 2.75) is 52.2 Å². The molecule has 20 heavy (non-hydrogen) atoms. The van der Waals surface area contributed by atoms with Crippen LogP contribution in [0.2, 0.25) is 0 Å². The molecule has 0 radical (unpaired) electrons. The third kappa shape index (κ3) is 4.06. The predicted molar refractivity (Wildman–Crippen MR) is 89.9 cm³/mol. The van der Waals surface area contributed by atoms with Gasteiger partial charge in [-0.15, -0.1) is 0 Å². The SMILES string of the molecule is CCC(C)C1CN(Cc2ccc(Br)cc2)C(CC)CN1. The highest BCUT2D eigenvalue weighted by atomic mass is 79.9. The minimum absolute atomic E-state index is 0.637. The normalized spacial score (nSPS) is 25.6. The van der Waals surface area contributed by atoms with Crippen molar-refractivity contribution in [3.63, 3.8) is 0 Å². The van der Waals surface area contributed by atoms with Gasteiger partial charge in [0.25, 0.3) is 0 Å². The second kappa shape index (κ2) is 7.58. The molecule has 3 unspecified atom stereocenters. The highest BCUT2D eigenvalue weighted by Crippen LogP contribution is 2.20. The van der Waals surface area contributed by atoms with Crippen LogP contribution in [0, 0.1) is 5.92 Å². The van der Waals surface area contributed by atoms with Crippen LogP contribution in [0.5, 0.6) is 0 Å². The first-order valence-corrected chi connectivity index (χ1v) is 8.65. The van der Waals surface area contributed by atoms with Crippen LogP contribution in [-0.2, 0) is 6.54 Å². The Labute approximate surface area is 132 Å². The van der Waals surface area contributed by atoms with Crippen LogP contribution in [0.15, 0.2) is 28.7 Å². The molecule has 0 aromatic heterocycles. The summed E-state index contributed by atoms with van der Waals surface area (Å²) in [6.45, 7) is 10.3. The summed E-state index contributed by atoms with van der Waals surface area (Å²) in [5.74, 6) is 0.750. The van der Waals surface area contributed by atoms with Gasteiger partial charge in [0, 0.05) is 36.2 Å². The molecular formula is C17H27BrN2. The van der Waals surface area contributed by atoms with Crippen molar-refractivity contribution in [2.24, 2.45) is 5.92 Å². The largest absolute Gasteiger partial charge is 0.311 e. The summed E-state index contributed by atoms with van der Waals surface area (Å²) in [7, 11) is 0. The molecule has 1 fully saturated rings. The van der Waals surface area contributed by atoms with Gasteiger partial charge in [0.15, 0.2) is 0 Å². The first-order valence-electron chi connectivity index (χ1n) is 7.85. The van der Waals surface area contributed by atoms with E-state index in [2.05, 4.69) is 71.2 Å². The minimum Gasteiger partial charge on any atom is -0.311 e. The van der Waals surface area contributed by atoms with Gasteiger partial charge in [-0.1, -0.05) is 55.3 Å². The van der Waals surface area contributed by atoms with Crippen molar-refractivity contribution in [1.82, 2.24) is 10.2 Å². The Morgan fingerprint density at radius 1 is 1.30 bits per heavy atom.